The molecule has 0 radical (unpaired) electrons. The van der Waals surface area contributed by atoms with E-state index in [2.05, 4.69) is 25.8 Å². The Morgan fingerprint density at radius 3 is 2.54 bits per heavy atom. The zero-order valence-corrected chi connectivity index (χ0v) is 16.6. The third-order valence-electron chi connectivity index (χ3n) is 5.72. The minimum Gasteiger partial charge on any atom is -0.310 e. The molecule has 8 heteroatoms. The summed E-state index contributed by atoms with van der Waals surface area (Å²) in [6.45, 7) is 0.906. The molecule has 4 rings (SSSR count). The minimum atomic E-state index is -3.29. The molecule has 1 fully saturated rings. The van der Waals surface area contributed by atoms with E-state index in [-0.39, 0.29) is 6.04 Å². The number of carbonyl (C=O) groups is 1. The summed E-state index contributed by atoms with van der Waals surface area (Å²) >= 11 is 0. The number of aryl methyl sites for hydroxylation is 2. The average Bonchev–Trinajstić information content (AvgIpc) is 3.41. The molecule has 2 amide bonds. The van der Waals surface area contributed by atoms with E-state index in [0.29, 0.717) is 0 Å². The Morgan fingerprint density at radius 1 is 1.21 bits per heavy atom. The van der Waals surface area contributed by atoms with Gasteiger partial charge in [0.2, 0.25) is 6.19 Å². The van der Waals surface area contributed by atoms with Crippen LogP contribution in [0.2, 0.25) is 0 Å². The van der Waals surface area contributed by atoms with Crippen molar-refractivity contribution in [2.75, 3.05) is 11.9 Å². The van der Waals surface area contributed by atoms with Gasteiger partial charge in [-0.2, -0.15) is 5.26 Å². The number of hydrogen-bond acceptors (Lipinski definition) is 5. The Bertz CT molecular complexity index is 947. The normalized spacial score (nSPS) is 22.3. The van der Waals surface area contributed by atoms with Crippen molar-refractivity contribution in [2.45, 2.75) is 57.4 Å². The molecule has 28 heavy (non-hydrogen) atoms. The second-order valence-electron chi connectivity index (χ2n) is 7.58. The number of nitrogens with zero attached hydrogens (tertiary/aromatic N) is 2. The van der Waals surface area contributed by atoms with Crippen LogP contribution in [0.1, 0.15) is 47.9 Å². The highest BCUT2D eigenvalue weighted by Gasteiger charge is 2.25. The van der Waals surface area contributed by atoms with Gasteiger partial charge in [-0.15, -0.1) is 0 Å². The van der Waals surface area contributed by atoms with Gasteiger partial charge in [0, 0.05) is 17.1 Å². The van der Waals surface area contributed by atoms with Crippen molar-refractivity contribution in [2.24, 2.45) is 4.36 Å². The first-order valence-corrected chi connectivity index (χ1v) is 11.5. The van der Waals surface area contributed by atoms with Crippen molar-refractivity contribution in [1.29, 1.82) is 5.26 Å². The number of nitriles is 1. The van der Waals surface area contributed by atoms with Crippen molar-refractivity contribution in [3.63, 3.8) is 0 Å². The number of benzene rings is 1. The van der Waals surface area contributed by atoms with Gasteiger partial charge < -0.3 is 10.6 Å². The van der Waals surface area contributed by atoms with Gasteiger partial charge in [0.05, 0.1) is 0 Å². The van der Waals surface area contributed by atoms with Crippen molar-refractivity contribution < 1.29 is 9.00 Å². The van der Waals surface area contributed by atoms with E-state index in [1.807, 2.05) is 0 Å². The van der Waals surface area contributed by atoms with Gasteiger partial charge in [-0.3, -0.25) is 0 Å². The summed E-state index contributed by atoms with van der Waals surface area (Å²) in [5.74, 6) is 0. The zero-order chi connectivity index (χ0) is 19.6. The Balaban J connectivity index is 1.55. The van der Waals surface area contributed by atoms with Gasteiger partial charge in [0.15, 0.2) is 9.92 Å². The third-order valence-corrected chi connectivity index (χ3v) is 7.08. The predicted molar refractivity (Wildman–Crippen MR) is 109 cm³/mol. The molecule has 1 saturated heterocycles. The lowest BCUT2D eigenvalue weighted by molar-refractivity contribution is 0.257. The van der Waals surface area contributed by atoms with Crippen LogP contribution in [0.25, 0.3) is 0 Å². The second-order valence-corrected chi connectivity index (χ2v) is 9.38. The summed E-state index contributed by atoms with van der Waals surface area (Å²) in [6.07, 6.45) is 11.4. The predicted octanol–water partition coefficient (Wildman–Crippen LogP) is 2.92. The second kappa shape index (κ2) is 7.94. The van der Waals surface area contributed by atoms with Crippen molar-refractivity contribution in [3.05, 3.63) is 39.8 Å². The molecule has 1 heterocycles. The Kier molecular flexibility index (Phi) is 5.38. The number of fused-ring (bicyclic) bond motifs is 2. The Labute approximate surface area is 165 Å². The summed E-state index contributed by atoms with van der Waals surface area (Å²) in [7, 11) is -3.29. The Hall–Kier alpha value is -2.37. The first-order valence-electron chi connectivity index (χ1n) is 9.90. The van der Waals surface area contributed by atoms with Crippen LogP contribution in [-0.2, 0) is 35.6 Å². The number of urea groups is 1. The lowest BCUT2D eigenvalue weighted by atomic mass is 9.99. The molecular weight excluding hydrogens is 374 g/mol. The number of nitrogens with one attached hydrogen (secondary N) is 3. The largest absolute Gasteiger partial charge is 0.331 e. The minimum absolute atomic E-state index is 0.0974. The fourth-order valence-electron chi connectivity index (χ4n) is 4.46. The first-order chi connectivity index (χ1) is 13.6. The van der Waals surface area contributed by atoms with Gasteiger partial charge in [-0.05, 0) is 80.2 Å². The van der Waals surface area contributed by atoms with Crippen LogP contribution < -0.4 is 15.4 Å². The third kappa shape index (κ3) is 3.91. The maximum atomic E-state index is 12.9. The van der Waals surface area contributed by atoms with Crippen LogP contribution >= 0.6 is 0 Å². The molecule has 3 aliphatic rings. The van der Waals surface area contributed by atoms with Gasteiger partial charge in [0.1, 0.15) is 0 Å². The lowest BCUT2D eigenvalue weighted by Gasteiger charge is -2.17. The lowest BCUT2D eigenvalue weighted by Crippen LogP contribution is -2.34. The van der Waals surface area contributed by atoms with Crippen LogP contribution in [0.4, 0.5) is 10.5 Å². The number of amides is 2. The molecular formula is C20H25N5O2S. The number of carbonyl (C=O) groups excluding carboxylic acids is 1. The van der Waals surface area contributed by atoms with E-state index in [1.165, 1.54) is 27.7 Å². The number of rotatable bonds is 4. The van der Waals surface area contributed by atoms with Crippen LogP contribution in [0, 0.1) is 11.5 Å². The first kappa shape index (κ1) is 19.0. The van der Waals surface area contributed by atoms with E-state index >= 15 is 0 Å². The highest BCUT2D eigenvalue weighted by Crippen LogP contribution is 2.38. The average molecular weight is 400 g/mol. The SMILES string of the molecule is N#CN=S(=O)(/C=C/[C@H]1CCCN1)NC(=O)Nc1c2c(cc3c1CCC3)CCC2. The van der Waals surface area contributed by atoms with Crippen molar-refractivity contribution >= 4 is 21.6 Å². The molecule has 0 aromatic heterocycles. The fourth-order valence-corrected chi connectivity index (χ4v) is 5.48. The van der Waals surface area contributed by atoms with Crippen molar-refractivity contribution in [3.8, 4) is 6.19 Å². The molecule has 0 spiro atoms. The van der Waals surface area contributed by atoms with Gasteiger partial charge in [0.25, 0.3) is 0 Å². The smallest absolute Gasteiger partial charge is 0.310 e. The topological polar surface area (TPSA) is 106 Å². The summed E-state index contributed by atoms with van der Waals surface area (Å²) < 4.78 is 18.8. The maximum Gasteiger partial charge on any atom is 0.331 e. The highest BCUT2D eigenvalue weighted by molar-refractivity contribution is 7.95. The molecule has 1 unspecified atom stereocenters. The molecule has 0 saturated carbocycles. The Morgan fingerprint density at radius 2 is 1.93 bits per heavy atom. The molecule has 7 nitrogen and oxygen atoms in total. The van der Waals surface area contributed by atoms with Gasteiger partial charge >= 0.3 is 6.03 Å². The molecule has 0 bridgehead atoms. The van der Waals surface area contributed by atoms with E-state index in [9.17, 15) is 9.00 Å². The zero-order valence-electron chi connectivity index (χ0n) is 15.8. The molecule has 1 aliphatic heterocycles. The van der Waals surface area contributed by atoms with E-state index in [0.717, 1.165) is 63.6 Å². The monoisotopic (exact) mass is 399 g/mol. The molecule has 1 aromatic carbocycles. The van der Waals surface area contributed by atoms with Crippen molar-refractivity contribution in [1.82, 2.24) is 10.0 Å². The fraction of sp³-hybridized carbons (Fsp3) is 0.500. The van der Waals surface area contributed by atoms with Crippen LogP contribution in [0.5, 0.6) is 0 Å². The summed E-state index contributed by atoms with van der Waals surface area (Å²) in [5.41, 5.74) is 5.90. The van der Waals surface area contributed by atoms with Crippen LogP contribution in [0.3, 0.4) is 0 Å². The maximum absolute atomic E-state index is 12.9. The van der Waals surface area contributed by atoms with Gasteiger partial charge in [-0.25, -0.2) is 13.7 Å². The van der Waals surface area contributed by atoms with E-state index in [4.69, 9.17) is 5.26 Å². The summed E-state index contributed by atoms with van der Waals surface area (Å²) in [4.78, 5) is 12.7. The van der Waals surface area contributed by atoms with Crippen LogP contribution in [-0.4, -0.2) is 22.8 Å². The van der Waals surface area contributed by atoms with Crippen LogP contribution in [0.15, 0.2) is 21.9 Å². The molecule has 1 aromatic rings. The molecule has 2 atom stereocenters. The standard InChI is InChI=1S/C20H25N5O2S/c21-13-23-28(27,11-9-16-6-3-10-22-16)25-20(26)24-19-17-7-1-4-14(17)12-15-5-2-8-18(15)19/h9,11-12,16,22H,1-8,10H2,(H2,23,24,25,26,27)/b11-9+/t16-,28?/m1/s1. The quantitative estimate of drug-likeness (QED) is 0.677. The van der Waals surface area contributed by atoms with E-state index < -0.39 is 15.9 Å². The molecule has 3 N–H and O–H groups in total. The highest BCUT2D eigenvalue weighted by atomic mass is 32.2. The number of anilines is 1. The summed E-state index contributed by atoms with van der Waals surface area (Å²) in [6, 6.07) is 1.81. The van der Waals surface area contributed by atoms with Gasteiger partial charge in [-0.1, -0.05) is 16.5 Å². The van der Waals surface area contributed by atoms with E-state index in [1.54, 1.807) is 12.3 Å². The molecule has 2 aliphatic carbocycles. The molecule has 148 valence electrons. The number of hydrogen-bond donors (Lipinski definition) is 3. The summed E-state index contributed by atoms with van der Waals surface area (Å²) in [5, 5.41) is 16.5.